The van der Waals surface area contributed by atoms with Crippen molar-refractivity contribution >= 4 is 45.0 Å². The summed E-state index contributed by atoms with van der Waals surface area (Å²) in [5.74, 6) is 0. The van der Waals surface area contributed by atoms with Gasteiger partial charge in [-0.25, -0.2) is 4.98 Å². The molecule has 3 rings (SSSR count). The molecule has 1 atom stereocenters. The van der Waals surface area contributed by atoms with E-state index in [1.54, 1.807) is 18.0 Å². The lowest BCUT2D eigenvalue weighted by atomic mass is 10.2. The third-order valence-corrected chi connectivity index (χ3v) is 5.60. The number of anilines is 1. The van der Waals surface area contributed by atoms with Crippen molar-refractivity contribution in [2.24, 2.45) is 0 Å². The van der Waals surface area contributed by atoms with E-state index in [1.807, 2.05) is 24.3 Å². The van der Waals surface area contributed by atoms with Gasteiger partial charge in [0.2, 0.25) is 0 Å². The summed E-state index contributed by atoms with van der Waals surface area (Å²) in [6, 6.07) is 9.92. The van der Waals surface area contributed by atoms with Crippen LogP contribution in [0.2, 0.25) is 5.02 Å². The zero-order valence-electron chi connectivity index (χ0n) is 11.9. The summed E-state index contributed by atoms with van der Waals surface area (Å²) in [7, 11) is 0. The fourth-order valence-electron chi connectivity index (χ4n) is 2.64. The molecular formula is C16H16BrClN2OS. The number of benzene rings is 1. The van der Waals surface area contributed by atoms with E-state index >= 15 is 0 Å². The third kappa shape index (κ3) is 3.77. The molecule has 2 aromatic rings. The predicted molar refractivity (Wildman–Crippen MR) is 95.8 cm³/mol. The van der Waals surface area contributed by atoms with Crippen LogP contribution in [0.1, 0.15) is 12.0 Å². The Hall–Kier alpha value is -0.750. The van der Waals surface area contributed by atoms with Gasteiger partial charge in [-0.1, -0.05) is 27.5 Å². The summed E-state index contributed by atoms with van der Waals surface area (Å²) < 4.78 is 0.996. The average Bonchev–Trinajstić information content (AvgIpc) is 2.97. The second kappa shape index (κ2) is 7.21. The minimum Gasteiger partial charge on any atom is -0.392 e. The number of aliphatic hydroxyl groups is 1. The molecule has 1 aromatic heterocycles. The van der Waals surface area contributed by atoms with Crippen LogP contribution in [0.15, 0.2) is 46.0 Å². The number of aromatic nitrogens is 1. The predicted octanol–water partition coefficient (Wildman–Crippen LogP) is 4.36. The van der Waals surface area contributed by atoms with Crippen LogP contribution in [0.3, 0.4) is 0 Å². The van der Waals surface area contributed by atoms with Gasteiger partial charge >= 0.3 is 0 Å². The second-order valence-electron chi connectivity index (χ2n) is 5.22. The highest BCUT2D eigenvalue weighted by molar-refractivity contribution is 9.10. The summed E-state index contributed by atoms with van der Waals surface area (Å²) >= 11 is 11.1. The molecule has 1 fully saturated rings. The molecule has 0 bridgehead atoms. The van der Waals surface area contributed by atoms with E-state index in [9.17, 15) is 5.11 Å². The van der Waals surface area contributed by atoms with Crippen molar-refractivity contribution in [3.63, 3.8) is 0 Å². The number of pyridine rings is 1. The van der Waals surface area contributed by atoms with Crippen LogP contribution in [0.4, 0.5) is 5.69 Å². The average molecular weight is 400 g/mol. The standard InChI is InChI=1S/C16H16BrClN2OS/c17-12-1-3-15(11(7-12)10-21)20-6-5-14(9-20)22-16-4-2-13(18)8-19-16/h1-4,7-8,14,21H,5-6,9-10H2/t14-/m0/s1. The first kappa shape index (κ1) is 16.1. The lowest BCUT2D eigenvalue weighted by Crippen LogP contribution is -2.21. The maximum Gasteiger partial charge on any atom is 0.0964 e. The van der Waals surface area contributed by atoms with E-state index in [2.05, 4.69) is 31.9 Å². The third-order valence-electron chi connectivity index (χ3n) is 3.69. The highest BCUT2D eigenvalue weighted by atomic mass is 79.9. The van der Waals surface area contributed by atoms with Gasteiger partial charge in [0.05, 0.1) is 16.7 Å². The summed E-state index contributed by atoms with van der Waals surface area (Å²) in [6.45, 7) is 2.02. The molecule has 1 N–H and O–H groups in total. The minimum atomic E-state index is 0.0574. The molecule has 22 heavy (non-hydrogen) atoms. The zero-order valence-corrected chi connectivity index (χ0v) is 15.0. The molecule has 1 saturated heterocycles. The largest absolute Gasteiger partial charge is 0.392 e. The van der Waals surface area contributed by atoms with Crippen LogP contribution in [0, 0.1) is 0 Å². The van der Waals surface area contributed by atoms with Crippen molar-refractivity contribution in [3.8, 4) is 0 Å². The Kier molecular flexibility index (Phi) is 5.29. The molecule has 0 amide bonds. The van der Waals surface area contributed by atoms with Crippen LogP contribution >= 0.6 is 39.3 Å². The number of halogens is 2. The van der Waals surface area contributed by atoms with Crippen molar-refractivity contribution in [3.05, 3.63) is 51.6 Å². The highest BCUT2D eigenvalue weighted by Crippen LogP contribution is 2.33. The first-order valence-corrected chi connectivity index (χ1v) is 9.13. The number of hydrogen-bond donors (Lipinski definition) is 1. The van der Waals surface area contributed by atoms with E-state index in [-0.39, 0.29) is 6.61 Å². The van der Waals surface area contributed by atoms with Gasteiger partial charge in [-0.3, -0.25) is 0 Å². The maximum atomic E-state index is 9.56. The van der Waals surface area contributed by atoms with Crippen molar-refractivity contribution in [2.45, 2.75) is 23.3 Å². The number of hydrogen-bond acceptors (Lipinski definition) is 4. The van der Waals surface area contributed by atoms with Gasteiger partial charge in [0.15, 0.2) is 0 Å². The lowest BCUT2D eigenvalue weighted by molar-refractivity contribution is 0.282. The van der Waals surface area contributed by atoms with Crippen molar-refractivity contribution < 1.29 is 5.11 Å². The molecule has 0 radical (unpaired) electrons. The summed E-state index contributed by atoms with van der Waals surface area (Å²) in [4.78, 5) is 6.69. The Bertz CT molecular complexity index is 653. The summed E-state index contributed by atoms with van der Waals surface area (Å²) in [6.07, 6.45) is 2.80. The number of thioether (sulfide) groups is 1. The summed E-state index contributed by atoms with van der Waals surface area (Å²) in [5, 5.41) is 11.7. The molecule has 1 aromatic carbocycles. The molecule has 0 aliphatic carbocycles. The van der Waals surface area contributed by atoms with Crippen LogP contribution in [0.5, 0.6) is 0 Å². The molecule has 0 spiro atoms. The number of nitrogens with zero attached hydrogens (tertiary/aromatic N) is 2. The SMILES string of the molecule is OCc1cc(Br)ccc1N1CC[C@H](Sc2ccc(Cl)cn2)C1. The maximum absolute atomic E-state index is 9.56. The van der Waals surface area contributed by atoms with Gasteiger partial charge in [0.25, 0.3) is 0 Å². The first-order chi connectivity index (χ1) is 10.7. The lowest BCUT2D eigenvalue weighted by Gasteiger charge is -2.21. The van der Waals surface area contributed by atoms with Crippen molar-refractivity contribution in [1.29, 1.82) is 0 Å². The van der Waals surface area contributed by atoms with Gasteiger partial charge < -0.3 is 10.0 Å². The molecule has 0 unspecified atom stereocenters. The van der Waals surface area contributed by atoms with Crippen molar-refractivity contribution in [1.82, 2.24) is 4.98 Å². The van der Waals surface area contributed by atoms with Crippen molar-refractivity contribution in [2.75, 3.05) is 18.0 Å². The zero-order chi connectivity index (χ0) is 15.5. The van der Waals surface area contributed by atoms with Gasteiger partial charge in [-0.15, -0.1) is 11.8 Å². The minimum absolute atomic E-state index is 0.0574. The van der Waals surface area contributed by atoms with Crippen LogP contribution < -0.4 is 4.90 Å². The van der Waals surface area contributed by atoms with Gasteiger partial charge in [0, 0.05) is 40.3 Å². The van der Waals surface area contributed by atoms with E-state index < -0.39 is 0 Å². The monoisotopic (exact) mass is 398 g/mol. The molecular weight excluding hydrogens is 384 g/mol. The van der Waals surface area contributed by atoms with Gasteiger partial charge in [-0.05, 0) is 36.8 Å². The fraction of sp³-hybridized carbons (Fsp3) is 0.312. The molecule has 0 saturated carbocycles. The summed E-state index contributed by atoms with van der Waals surface area (Å²) in [5.41, 5.74) is 2.09. The Morgan fingerprint density at radius 3 is 2.95 bits per heavy atom. The highest BCUT2D eigenvalue weighted by Gasteiger charge is 2.25. The Balaban J connectivity index is 1.68. The van der Waals surface area contributed by atoms with Crippen LogP contribution in [0.25, 0.3) is 0 Å². The smallest absolute Gasteiger partial charge is 0.0964 e. The van der Waals surface area contributed by atoms with Gasteiger partial charge in [0.1, 0.15) is 0 Å². The molecule has 3 nitrogen and oxygen atoms in total. The second-order valence-corrected chi connectivity index (χ2v) is 7.89. The first-order valence-electron chi connectivity index (χ1n) is 7.08. The molecule has 6 heteroatoms. The number of rotatable bonds is 4. The van der Waals surface area contributed by atoms with E-state index in [1.165, 1.54) is 0 Å². The molecule has 1 aliphatic heterocycles. The topological polar surface area (TPSA) is 36.4 Å². The molecule has 116 valence electrons. The Morgan fingerprint density at radius 2 is 2.23 bits per heavy atom. The Labute approximate surface area is 147 Å². The number of aliphatic hydroxyl groups excluding tert-OH is 1. The quantitative estimate of drug-likeness (QED) is 0.828. The fourth-order valence-corrected chi connectivity index (χ4v) is 4.23. The van der Waals surface area contributed by atoms with Crippen LogP contribution in [-0.4, -0.2) is 28.4 Å². The van der Waals surface area contributed by atoms with E-state index in [4.69, 9.17) is 11.6 Å². The van der Waals surface area contributed by atoms with E-state index in [0.717, 1.165) is 40.3 Å². The normalized spacial score (nSPS) is 18.0. The molecule has 1 aliphatic rings. The Morgan fingerprint density at radius 1 is 1.36 bits per heavy atom. The van der Waals surface area contributed by atoms with E-state index in [0.29, 0.717) is 10.3 Å². The van der Waals surface area contributed by atoms with Gasteiger partial charge in [-0.2, -0.15) is 0 Å². The molecule has 2 heterocycles. The van der Waals surface area contributed by atoms with Crippen LogP contribution in [-0.2, 0) is 6.61 Å².